The van der Waals surface area contributed by atoms with Gasteiger partial charge in [-0.2, -0.15) is 9.49 Å². The highest BCUT2D eigenvalue weighted by Crippen LogP contribution is 2.33. The molecule has 0 saturated heterocycles. The first-order valence-electron chi connectivity index (χ1n) is 9.73. The van der Waals surface area contributed by atoms with Crippen molar-refractivity contribution in [3.05, 3.63) is 89.5 Å². The molecule has 5 nitrogen and oxygen atoms in total. The lowest BCUT2D eigenvalue weighted by molar-refractivity contribution is 0.0598. The SMILES string of the molecule is COC(=O)c1cc(-c2cn[nH]c2F)ccc1Oc1cccc(-c2cc(C)cc(C)c2)c1. The summed E-state index contributed by atoms with van der Waals surface area (Å²) in [4.78, 5) is 12.4. The molecule has 0 aliphatic carbocycles. The van der Waals surface area contributed by atoms with E-state index in [4.69, 9.17) is 9.47 Å². The van der Waals surface area contributed by atoms with E-state index in [1.165, 1.54) is 30.5 Å². The van der Waals surface area contributed by atoms with Crippen LogP contribution in [0.3, 0.4) is 0 Å². The average Bonchev–Trinajstić information content (AvgIpc) is 3.19. The summed E-state index contributed by atoms with van der Waals surface area (Å²) in [6.07, 6.45) is 1.36. The normalized spacial score (nSPS) is 10.7. The van der Waals surface area contributed by atoms with Crippen molar-refractivity contribution in [2.24, 2.45) is 0 Å². The number of esters is 1. The number of nitrogens with one attached hydrogen (secondary N) is 1. The molecule has 1 N–H and O–H groups in total. The van der Waals surface area contributed by atoms with Crippen molar-refractivity contribution in [1.82, 2.24) is 10.2 Å². The summed E-state index contributed by atoms with van der Waals surface area (Å²) in [7, 11) is 1.29. The van der Waals surface area contributed by atoms with Crippen LogP contribution in [0.2, 0.25) is 0 Å². The third-order valence-corrected chi connectivity index (χ3v) is 4.91. The van der Waals surface area contributed by atoms with Gasteiger partial charge in [0.1, 0.15) is 17.1 Å². The van der Waals surface area contributed by atoms with Crippen LogP contribution in [-0.4, -0.2) is 23.3 Å². The van der Waals surface area contributed by atoms with Crippen LogP contribution in [-0.2, 0) is 4.74 Å². The quantitative estimate of drug-likeness (QED) is 0.401. The summed E-state index contributed by atoms with van der Waals surface area (Å²) in [5, 5.41) is 5.94. The second-order valence-corrected chi connectivity index (χ2v) is 7.31. The first-order valence-corrected chi connectivity index (χ1v) is 9.73. The molecule has 6 heteroatoms. The van der Waals surface area contributed by atoms with Crippen LogP contribution in [0.5, 0.6) is 11.5 Å². The van der Waals surface area contributed by atoms with E-state index in [2.05, 4.69) is 42.2 Å². The van der Waals surface area contributed by atoms with Gasteiger partial charge >= 0.3 is 5.97 Å². The molecule has 0 aliphatic heterocycles. The number of methoxy groups -OCH3 is 1. The van der Waals surface area contributed by atoms with Gasteiger partial charge in [-0.1, -0.05) is 47.5 Å². The lowest BCUT2D eigenvalue weighted by Crippen LogP contribution is -2.04. The standard InChI is InChI=1S/C25H21FN2O3/c1-15-9-16(2)11-19(10-15)17-5-4-6-20(12-17)31-23-8-7-18(13-21(23)25(29)30-3)22-14-27-28-24(22)26/h4-14H,1-3H3,(H,27,28). The van der Waals surface area contributed by atoms with Crippen molar-refractivity contribution in [3.63, 3.8) is 0 Å². The van der Waals surface area contributed by atoms with E-state index in [1.54, 1.807) is 12.1 Å². The van der Waals surface area contributed by atoms with Gasteiger partial charge in [-0.15, -0.1) is 0 Å². The van der Waals surface area contributed by atoms with Crippen LogP contribution in [0.1, 0.15) is 21.5 Å². The number of hydrogen-bond donors (Lipinski definition) is 1. The second-order valence-electron chi connectivity index (χ2n) is 7.31. The Labute approximate surface area is 179 Å². The van der Waals surface area contributed by atoms with E-state index >= 15 is 0 Å². The van der Waals surface area contributed by atoms with Crippen LogP contribution >= 0.6 is 0 Å². The van der Waals surface area contributed by atoms with E-state index in [0.29, 0.717) is 17.1 Å². The smallest absolute Gasteiger partial charge is 0.341 e. The molecule has 0 aliphatic rings. The second kappa shape index (κ2) is 8.44. The monoisotopic (exact) mass is 416 g/mol. The van der Waals surface area contributed by atoms with Gasteiger partial charge in [-0.05, 0) is 54.8 Å². The van der Waals surface area contributed by atoms with E-state index in [1.807, 2.05) is 24.3 Å². The van der Waals surface area contributed by atoms with Gasteiger partial charge in [0.15, 0.2) is 0 Å². The van der Waals surface area contributed by atoms with Crippen LogP contribution < -0.4 is 4.74 Å². The van der Waals surface area contributed by atoms with Crippen LogP contribution in [0, 0.1) is 19.8 Å². The predicted molar refractivity (Wildman–Crippen MR) is 117 cm³/mol. The van der Waals surface area contributed by atoms with E-state index in [9.17, 15) is 9.18 Å². The number of nitrogens with zero attached hydrogens (tertiary/aromatic N) is 1. The van der Waals surface area contributed by atoms with Gasteiger partial charge in [0.2, 0.25) is 5.95 Å². The number of ether oxygens (including phenoxy) is 2. The Kier molecular flexibility index (Phi) is 5.54. The minimum absolute atomic E-state index is 0.192. The molecule has 0 amide bonds. The molecule has 31 heavy (non-hydrogen) atoms. The number of hydrogen-bond acceptors (Lipinski definition) is 4. The summed E-state index contributed by atoms with van der Waals surface area (Å²) in [5.74, 6) is -0.266. The Morgan fingerprint density at radius 2 is 1.71 bits per heavy atom. The predicted octanol–water partition coefficient (Wildman–Crippen LogP) is 6.08. The summed E-state index contributed by atoms with van der Waals surface area (Å²) in [6.45, 7) is 4.12. The zero-order valence-corrected chi connectivity index (χ0v) is 17.4. The Bertz CT molecular complexity index is 1240. The Balaban J connectivity index is 1.70. The number of aromatic amines is 1. The first kappa shape index (κ1) is 20.3. The highest BCUT2D eigenvalue weighted by Gasteiger charge is 2.18. The third kappa shape index (κ3) is 4.33. The molecule has 0 saturated carbocycles. The maximum Gasteiger partial charge on any atom is 0.341 e. The molecule has 4 aromatic rings. The Morgan fingerprint density at radius 3 is 2.39 bits per heavy atom. The van der Waals surface area contributed by atoms with Gasteiger partial charge in [0, 0.05) is 0 Å². The van der Waals surface area contributed by atoms with Crippen molar-refractivity contribution in [2.45, 2.75) is 13.8 Å². The summed E-state index contributed by atoms with van der Waals surface area (Å²) < 4.78 is 24.8. The maximum atomic E-state index is 13.9. The topological polar surface area (TPSA) is 64.2 Å². The molecule has 1 heterocycles. The number of aryl methyl sites for hydroxylation is 2. The molecule has 156 valence electrons. The molecule has 0 radical (unpaired) electrons. The van der Waals surface area contributed by atoms with Gasteiger partial charge < -0.3 is 9.47 Å². The summed E-state index contributed by atoms with van der Waals surface area (Å²) in [5.41, 5.74) is 5.38. The zero-order valence-electron chi connectivity index (χ0n) is 17.4. The largest absolute Gasteiger partial charge is 0.465 e. The summed E-state index contributed by atoms with van der Waals surface area (Å²) in [6, 6.07) is 18.8. The van der Waals surface area contributed by atoms with Crippen molar-refractivity contribution in [3.8, 4) is 33.8 Å². The van der Waals surface area contributed by atoms with Crippen LogP contribution in [0.25, 0.3) is 22.3 Å². The van der Waals surface area contributed by atoms with Gasteiger partial charge in [0.25, 0.3) is 0 Å². The molecule has 0 bridgehead atoms. The number of carbonyl (C=O) groups excluding carboxylic acids is 1. The van der Waals surface area contributed by atoms with E-state index in [0.717, 1.165) is 11.1 Å². The van der Waals surface area contributed by atoms with Crippen molar-refractivity contribution in [2.75, 3.05) is 7.11 Å². The van der Waals surface area contributed by atoms with Crippen LogP contribution in [0.15, 0.2) is 66.9 Å². The minimum Gasteiger partial charge on any atom is -0.465 e. The summed E-state index contributed by atoms with van der Waals surface area (Å²) >= 11 is 0. The molecule has 0 spiro atoms. The molecule has 1 aromatic heterocycles. The molecule has 0 fully saturated rings. The Hall–Kier alpha value is -3.93. The van der Waals surface area contributed by atoms with E-state index < -0.39 is 11.9 Å². The number of aromatic nitrogens is 2. The molecule has 0 atom stereocenters. The maximum absolute atomic E-state index is 13.9. The zero-order chi connectivity index (χ0) is 22.0. The van der Waals surface area contributed by atoms with Gasteiger partial charge in [-0.3, -0.25) is 5.10 Å². The lowest BCUT2D eigenvalue weighted by atomic mass is 10.0. The number of H-pyrrole nitrogens is 1. The highest BCUT2D eigenvalue weighted by atomic mass is 19.1. The average molecular weight is 416 g/mol. The molecule has 3 aromatic carbocycles. The Morgan fingerprint density at radius 1 is 0.935 bits per heavy atom. The molecular formula is C25H21FN2O3. The van der Waals surface area contributed by atoms with Crippen molar-refractivity contribution in [1.29, 1.82) is 0 Å². The molecule has 0 unspecified atom stereocenters. The molecule has 4 rings (SSSR count). The number of carbonyl (C=O) groups is 1. The number of benzene rings is 3. The fraction of sp³-hybridized carbons (Fsp3) is 0.120. The number of halogens is 1. The minimum atomic E-state index is -0.578. The van der Waals surface area contributed by atoms with Crippen molar-refractivity contribution < 1.29 is 18.7 Å². The molecular weight excluding hydrogens is 395 g/mol. The number of rotatable bonds is 5. The third-order valence-electron chi connectivity index (χ3n) is 4.91. The van der Waals surface area contributed by atoms with Gasteiger partial charge in [-0.25, -0.2) is 4.79 Å². The fourth-order valence-electron chi connectivity index (χ4n) is 3.54. The van der Waals surface area contributed by atoms with E-state index in [-0.39, 0.29) is 11.1 Å². The first-order chi connectivity index (χ1) is 14.9. The van der Waals surface area contributed by atoms with Gasteiger partial charge in [0.05, 0.1) is 18.9 Å². The highest BCUT2D eigenvalue weighted by molar-refractivity contribution is 5.94. The fourth-order valence-corrected chi connectivity index (χ4v) is 3.54. The lowest BCUT2D eigenvalue weighted by Gasteiger charge is -2.13. The van der Waals surface area contributed by atoms with Crippen LogP contribution in [0.4, 0.5) is 4.39 Å². The van der Waals surface area contributed by atoms with Crippen molar-refractivity contribution >= 4 is 5.97 Å².